The van der Waals surface area contributed by atoms with Gasteiger partial charge in [0.15, 0.2) is 11.6 Å². The number of carbonyl (C=O) groups is 1. The molecule has 102 valence electrons. The number of hydrogen-bond donors (Lipinski definition) is 1. The summed E-state index contributed by atoms with van der Waals surface area (Å²) >= 11 is 0. The topological polar surface area (TPSA) is 55.6 Å². The van der Waals surface area contributed by atoms with Gasteiger partial charge in [0.2, 0.25) is 5.91 Å². The Morgan fingerprint density at radius 3 is 2.95 bits per heavy atom. The molecule has 0 bridgehead atoms. The zero-order chi connectivity index (χ0) is 13.8. The molecule has 1 saturated heterocycles. The minimum Gasteiger partial charge on any atom is -0.494 e. The van der Waals surface area contributed by atoms with Crippen LogP contribution in [0.1, 0.15) is 12.0 Å². The highest BCUT2D eigenvalue weighted by Gasteiger charge is 2.21. The summed E-state index contributed by atoms with van der Waals surface area (Å²) in [4.78, 5) is 13.5. The Morgan fingerprint density at radius 1 is 1.58 bits per heavy atom. The molecule has 1 atom stereocenters. The summed E-state index contributed by atoms with van der Waals surface area (Å²) in [5, 5.41) is 0. The van der Waals surface area contributed by atoms with Crippen molar-refractivity contribution < 1.29 is 13.9 Å². The molecule has 0 radical (unpaired) electrons. The van der Waals surface area contributed by atoms with E-state index in [4.69, 9.17) is 10.5 Å². The molecular weight excluding hydrogens is 247 g/mol. The Balaban J connectivity index is 2.02. The van der Waals surface area contributed by atoms with Crippen molar-refractivity contribution in [3.63, 3.8) is 0 Å². The molecule has 0 unspecified atom stereocenters. The van der Waals surface area contributed by atoms with Crippen molar-refractivity contribution in [2.24, 2.45) is 5.73 Å². The lowest BCUT2D eigenvalue weighted by atomic mass is 10.2. The van der Waals surface area contributed by atoms with Crippen LogP contribution in [0.5, 0.6) is 5.75 Å². The van der Waals surface area contributed by atoms with E-state index in [0.29, 0.717) is 18.7 Å². The average molecular weight is 264 g/mol. The average Bonchev–Trinajstić information content (AvgIpc) is 2.83. The smallest absolute Gasteiger partial charge is 0.246 e. The van der Waals surface area contributed by atoms with Gasteiger partial charge in [-0.1, -0.05) is 6.07 Å². The van der Waals surface area contributed by atoms with Crippen molar-refractivity contribution in [1.29, 1.82) is 0 Å². The first kappa shape index (κ1) is 13.5. The van der Waals surface area contributed by atoms with Crippen LogP contribution in [0, 0.1) is 5.82 Å². The molecule has 1 aromatic carbocycles. The van der Waals surface area contributed by atoms with Crippen molar-refractivity contribution in [2.45, 2.75) is 12.5 Å². The number of nitrogens with zero attached hydrogens (tertiary/aromatic N) is 1. The normalized spacial score (nSPS) is 19.1. The Hall–Kier alpha value is -1.88. The van der Waals surface area contributed by atoms with E-state index in [1.54, 1.807) is 17.0 Å². The highest BCUT2D eigenvalue weighted by atomic mass is 19.1. The summed E-state index contributed by atoms with van der Waals surface area (Å²) in [6, 6.07) is 4.63. The lowest BCUT2D eigenvalue weighted by molar-refractivity contribution is -0.124. The van der Waals surface area contributed by atoms with Crippen molar-refractivity contribution in [3.8, 4) is 5.75 Å². The van der Waals surface area contributed by atoms with E-state index >= 15 is 0 Å². The Kier molecular flexibility index (Phi) is 4.16. The van der Waals surface area contributed by atoms with Crippen molar-refractivity contribution >= 4 is 12.0 Å². The van der Waals surface area contributed by atoms with Gasteiger partial charge in [-0.3, -0.25) is 4.79 Å². The Morgan fingerprint density at radius 2 is 2.37 bits per heavy atom. The summed E-state index contributed by atoms with van der Waals surface area (Å²) in [7, 11) is 1.41. The number of ether oxygens (including phenoxy) is 1. The maximum absolute atomic E-state index is 13.5. The SMILES string of the molecule is COc1ccc(C=CC(=O)N2CC[C@@H](N)C2)cc1F. The molecule has 2 rings (SSSR count). The van der Waals surface area contributed by atoms with E-state index in [1.165, 1.54) is 25.3 Å². The maximum atomic E-state index is 13.5. The molecular formula is C14H17FN2O2. The largest absolute Gasteiger partial charge is 0.494 e. The first-order valence-corrected chi connectivity index (χ1v) is 6.16. The molecule has 4 nitrogen and oxygen atoms in total. The fourth-order valence-electron chi connectivity index (χ4n) is 2.05. The number of benzene rings is 1. The maximum Gasteiger partial charge on any atom is 0.246 e. The molecule has 0 saturated carbocycles. The summed E-state index contributed by atoms with van der Waals surface area (Å²) in [5.41, 5.74) is 6.36. The molecule has 0 aliphatic carbocycles. The number of nitrogens with two attached hydrogens (primary N) is 1. The zero-order valence-corrected chi connectivity index (χ0v) is 10.8. The predicted octanol–water partition coefficient (Wildman–Crippen LogP) is 1.41. The number of hydrogen-bond acceptors (Lipinski definition) is 3. The number of carbonyl (C=O) groups excluding carboxylic acids is 1. The van der Waals surface area contributed by atoms with Gasteiger partial charge < -0.3 is 15.4 Å². The van der Waals surface area contributed by atoms with E-state index in [2.05, 4.69) is 0 Å². The third-order valence-electron chi connectivity index (χ3n) is 3.13. The molecule has 1 aliphatic heterocycles. The number of amides is 1. The van der Waals surface area contributed by atoms with Gasteiger partial charge in [0.25, 0.3) is 0 Å². The van der Waals surface area contributed by atoms with Crippen LogP contribution in [0.25, 0.3) is 6.08 Å². The minimum absolute atomic E-state index is 0.0655. The second-order valence-corrected chi connectivity index (χ2v) is 4.56. The van der Waals surface area contributed by atoms with Crippen LogP contribution >= 0.6 is 0 Å². The van der Waals surface area contributed by atoms with E-state index < -0.39 is 5.82 Å². The summed E-state index contributed by atoms with van der Waals surface area (Å²) < 4.78 is 18.3. The highest BCUT2D eigenvalue weighted by Crippen LogP contribution is 2.18. The molecule has 1 heterocycles. The standard InChI is InChI=1S/C14H17FN2O2/c1-19-13-4-2-10(8-12(13)15)3-5-14(18)17-7-6-11(16)9-17/h2-5,8,11H,6-7,9,16H2,1H3/t11-/m1/s1. The highest BCUT2D eigenvalue weighted by molar-refractivity contribution is 5.92. The number of rotatable bonds is 3. The molecule has 1 aliphatic rings. The van der Waals surface area contributed by atoms with Gasteiger partial charge in [-0.15, -0.1) is 0 Å². The van der Waals surface area contributed by atoms with E-state index in [0.717, 1.165) is 6.42 Å². The van der Waals surface area contributed by atoms with Crippen LogP contribution in [-0.4, -0.2) is 37.0 Å². The van der Waals surface area contributed by atoms with Gasteiger partial charge in [0.1, 0.15) is 0 Å². The first-order valence-electron chi connectivity index (χ1n) is 6.16. The first-order chi connectivity index (χ1) is 9.10. The van der Waals surface area contributed by atoms with Gasteiger partial charge in [-0.2, -0.15) is 0 Å². The van der Waals surface area contributed by atoms with Crippen LogP contribution in [0.15, 0.2) is 24.3 Å². The quantitative estimate of drug-likeness (QED) is 0.840. The Labute approximate surface area is 111 Å². The van der Waals surface area contributed by atoms with Crippen molar-refractivity contribution in [2.75, 3.05) is 20.2 Å². The molecule has 1 fully saturated rings. The monoisotopic (exact) mass is 264 g/mol. The number of halogens is 1. The van der Waals surface area contributed by atoms with Gasteiger partial charge >= 0.3 is 0 Å². The van der Waals surface area contributed by atoms with Crippen LogP contribution in [-0.2, 0) is 4.79 Å². The molecule has 1 aromatic rings. The van der Waals surface area contributed by atoms with Gasteiger partial charge in [-0.25, -0.2) is 4.39 Å². The molecule has 0 aromatic heterocycles. The molecule has 0 spiro atoms. The third-order valence-corrected chi connectivity index (χ3v) is 3.13. The molecule has 5 heteroatoms. The Bertz CT molecular complexity index is 502. The lowest BCUT2D eigenvalue weighted by Gasteiger charge is -2.12. The molecule has 1 amide bonds. The molecule has 2 N–H and O–H groups in total. The van der Waals surface area contributed by atoms with Crippen LogP contribution in [0.4, 0.5) is 4.39 Å². The fourth-order valence-corrected chi connectivity index (χ4v) is 2.05. The number of likely N-dealkylation sites (tertiary alicyclic amines) is 1. The lowest BCUT2D eigenvalue weighted by Crippen LogP contribution is -2.30. The van der Waals surface area contributed by atoms with E-state index in [9.17, 15) is 9.18 Å². The van der Waals surface area contributed by atoms with Crippen molar-refractivity contribution in [1.82, 2.24) is 4.90 Å². The van der Waals surface area contributed by atoms with E-state index in [1.807, 2.05) is 0 Å². The summed E-state index contributed by atoms with van der Waals surface area (Å²) in [6.45, 7) is 1.27. The number of methoxy groups -OCH3 is 1. The zero-order valence-electron chi connectivity index (χ0n) is 10.8. The van der Waals surface area contributed by atoms with Gasteiger partial charge in [0, 0.05) is 25.2 Å². The van der Waals surface area contributed by atoms with Crippen LogP contribution in [0.3, 0.4) is 0 Å². The fraction of sp³-hybridized carbons (Fsp3) is 0.357. The van der Waals surface area contributed by atoms with Crippen LogP contribution < -0.4 is 10.5 Å². The van der Waals surface area contributed by atoms with Gasteiger partial charge in [0.05, 0.1) is 7.11 Å². The third kappa shape index (κ3) is 3.32. The van der Waals surface area contributed by atoms with Crippen LogP contribution in [0.2, 0.25) is 0 Å². The summed E-state index contributed by atoms with van der Waals surface area (Å²) in [5.74, 6) is -0.349. The van der Waals surface area contributed by atoms with Crippen molar-refractivity contribution in [3.05, 3.63) is 35.7 Å². The predicted molar refractivity (Wildman–Crippen MR) is 71.2 cm³/mol. The minimum atomic E-state index is -0.444. The van der Waals surface area contributed by atoms with E-state index in [-0.39, 0.29) is 17.7 Å². The van der Waals surface area contributed by atoms with Gasteiger partial charge in [-0.05, 0) is 30.2 Å². The second kappa shape index (κ2) is 5.84. The second-order valence-electron chi connectivity index (χ2n) is 4.56. The summed E-state index contributed by atoms with van der Waals surface area (Å²) in [6.07, 6.45) is 3.87. The molecule has 19 heavy (non-hydrogen) atoms.